The molecular weight excluding hydrogens is 371 g/mol. The van der Waals surface area contributed by atoms with Crippen molar-refractivity contribution < 1.29 is 9.53 Å². The minimum absolute atomic E-state index is 0.0354. The maximum Gasteiger partial charge on any atom is 0.228 e. The van der Waals surface area contributed by atoms with E-state index >= 15 is 0 Å². The molecule has 4 nitrogen and oxygen atoms in total. The van der Waals surface area contributed by atoms with E-state index in [1.165, 1.54) is 0 Å². The van der Waals surface area contributed by atoms with Crippen LogP contribution in [0, 0.1) is 5.92 Å². The van der Waals surface area contributed by atoms with Crippen LogP contribution in [0.15, 0.2) is 42.5 Å². The van der Waals surface area contributed by atoms with Gasteiger partial charge in [0.1, 0.15) is 5.75 Å². The topological polar surface area (TPSA) is 41.6 Å². The van der Waals surface area contributed by atoms with Gasteiger partial charge in [-0.3, -0.25) is 9.69 Å². The van der Waals surface area contributed by atoms with Crippen molar-refractivity contribution in [2.75, 3.05) is 25.5 Å². The Morgan fingerprint density at radius 1 is 1.23 bits per heavy atom. The molecule has 1 unspecified atom stereocenters. The quantitative estimate of drug-likeness (QED) is 0.790. The predicted octanol–water partition coefficient (Wildman–Crippen LogP) is 4.85. The Hall–Kier alpha value is -1.75. The van der Waals surface area contributed by atoms with Crippen LogP contribution in [0.1, 0.15) is 18.4 Å². The molecule has 0 spiro atoms. The van der Waals surface area contributed by atoms with E-state index < -0.39 is 0 Å². The molecule has 1 atom stereocenters. The Morgan fingerprint density at radius 3 is 2.69 bits per heavy atom. The third-order valence-corrected chi connectivity index (χ3v) is 5.37. The summed E-state index contributed by atoms with van der Waals surface area (Å²) in [6.07, 6.45) is 1.85. The van der Waals surface area contributed by atoms with E-state index in [4.69, 9.17) is 27.9 Å². The Labute approximate surface area is 164 Å². The second-order valence-electron chi connectivity index (χ2n) is 6.50. The van der Waals surface area contributed by atoms with Gasteiger partial charge in [0.05, 0.1) is 13.0 Å². The highest BCUT2D eigenvalue weighted by molar-refractivity contribution is 6.35. The van der Waals surface area contributed by atoms with E-state index in [9.17, 15) is 4.79 Å². The number of ether oxygens (including phenoxy) is 1. The first-order chi connectivity index (χ1) is 12.6. The second kappa shape index (κ2) is 8.76. The van der Waals surface area contributed by atoms with E-state index in [1.54, 1.807) is 7.11 Å². The van der Waals surface area contributed by atoms with Crippen LogP contribution in [0.3, 0.4) is 0 Å². The number of piperidine rings is 1. The first kappa shape index (κ1) is 19.0. The fourth-order valence-corrected chi connectivity index (χ4v) is 3.78. The van der Waals surface area contributed by atoms with Gasteiger partial charge in [-0.05, 0) is 43.7 Å². The number of carbonyl (C=O) groups is 1. The molecule has 138 valence electrons. The molecule has 0 aliphatic carbocycles. The Kier molecular flexibility index (Phi) is 6.41. The molecular formula is C20H22Cl2N2O2. The number of nitrogens with zero attached hydrogens (tertiary/aromatic N) is 1. The van der Waals surface area contributed by atoms with Crippen LogP contribution in [0.2, 0.25) is 10.0 Å². The molecule has 0 bridgehead atoms. The minimum atomic E-state index is -0.0591. The van der Waals surface area contributed by atoms with Crippen molar-refractivity contribution in [2.45, 2.75) is 19.4 Å². The maximum absolute atomic E-state index is 12.7. The lowest BCUT2D eigenvalue weighted by Crippen LogP contribution is -2.40. The van der Waals surface area contributed by atoms with Gasteiger partial charge in [0.25, 0.3) is 0 Å². The minimum Gasteiger partial charge on any atom is -0.497 e. The van der Waals surface area contributed by atoms with Crippen LogP contribution in [0.5, 0.6) is 5.75 Å². The zero-order valence-corrected chi connectivity index (χ0v) is 16.2. The molecule has 1 fully saturated rings. The van der Waals surface area contributed by atoms with Crippen LogP contribution < -0.4 is 10.1 Å². The van der Waals surface area contributed by atoms with E-state index in [2.05, 4.69) is 10.2 Å². The summed E-state index contributed by atoms with van der Waals surface area (Å²) in [5.41, 5.74) is 1.67. The highest BCUT2D eigenvalue weighted by atomic mass is 35.5. The third kappa shape index (κ3) is 4.70. The largest absolute Gasteiger partial charge is 0.497 e. The lowest BCUT2D eigenvalue weighted by atomic mass is 9.96. The number of hydrogen-bond acceptors (Lipinski definition) is 3. The third-order valence-electron chi connectivity index (χ3n) is 4.66. The van der Waals surface area contributed by atoms with Gasteiger partial charge >= 0.3 is 0 Å². The van der Waals surface area contributed by atoms with Crippen LogP contribution in [-0.2, 0) is 11.3 Å². The van der Waals surface area contributed by atoms with E-state index in [1.807, 2.05) is 42.5 Å². The molecule has 1 saturated heterocycles. The molecule has 0 radical (unpaired) electrons. The van der Waals surface area contributed by atoms with Crippen molar-refractivity contribution in [1.29, 1.82) is 0 Å². The van der Waals surface area contributed by atoms with E-state index in [0.717, 1.165) is 36.4 Å². The van der Waals surface area contributed by atoms with Gasteiger partial charge in [-0.15, -0.1) is 0 Å². The number of carbonyl (C=O) groups excluding carboxylic acids is 1. The molecule has 1 N–H and O–H groups in total. The van der Waals surface area contributed by atoms with Crippen LogP contribution in [-0.4, -0.2) is 31.0 Å². The summed E-state index contributed by atoms with van der Waals surface area (Å²) in [7, 11) is 1.61. The average Bonchev–Trinajstić information content (AvgIpc) is 2.65. The SMILES string of the molecule is COc1cccc(NC(=O)C2CCCN(Cc3c(Cl)cccc3Cl)C2)c1. The lowest BCUT2D eigenvalue weighted by molar-refractivity contribution is -0.121. The van der Waals surface area contributed by atoms with Crippen molar-refractivity contribution in [3.63, 3.8) is 0 Å². The molecule has 26 heavy (non-hydrogen) atoms. The number of hydrogen-bond donors (Lipinski definition) is 1. The van der Waals surface area contributed by atoms with Crippen molar-refractivity contribution in [1.82, 2.24) is 4.90 Å². The summed E-state index contributed by atoms with van der Waals surface area (Å²) in [5.74, 6) is 0.700. The van der Waals surface area contributed by atoms with E-state index in [0.29, 0.717) is 23.1 Å². The van der Waals surface area contributed by atoms with Gasteiger partial charge in [0, 0.05) is 40.5 Å². The first-order valence-corrected chi connectivity index (χ1v) is 9.42. The molecule has 6 heteroatoms. The van der Waals surface area contributed by atoms with Gasteiger partial charge in [-0.2, -0.15) is 0 Å². The lowest BCUT2D eigenvalue weighted by Gasteiger charge is -2.32. The normalized spacial score (nSPS) is 17.7. The number of halogens is 2. The molecule has 1 aliphatic rings. The Balaban J connectivity index is 1.63. The first-order valence-electron chi connectivity index (χ1n) is 8.67. The van der Waals surface area contributed by atoms with Crippen LogP contribution >= 0.6 is 23.2 Å². The maximum atomic E-state index is 12.7. The number of benzene rings is 2. The second-order valence-corrected chi connectivity index (χ2v) is 7.31. The standard InChI is InChI=1S/C20H22Cl2N2O2/c1-26-16-7-2-6-15(11-16)23-20(25)14-5-4-10-24(12-14)13-17-18(21)8-3-9-19(17)22/h2-3,6-9,11,14H,4-5,10,12-13H2,1H3,(H,23,25). The van der Waals surface area contributed by atoms with Crippen molar-refractivity contribution >= 4 is 34.8 Å². The average molecular weight is 393 g/mol. The van der Waals surface area contributed by atoms with Crippen molar-refractivity contribution in [3.05, 3.63) is 58.1 Å². The fraction of sp³-hybridized carbons (Fsp3) is 0.350. The van der Waals surface area contributed by atoms with E-state index in [-0.39, 0.29) is 11.8 Å². The monoisotopic (exact) mass is 392 g/mol. The van der Waals surface area contributed by atoms with Crippen LogP contribution in [0.4, 0.5) is 5.69 Å². The highest BCUT2D eigenvalue weighted by Crippen LogP contribution is 2.28. The van der Waals surface area contributed by atoms with Gasteiger partial charge in [0.2, 0.25) is 5.91 Å². The molecule has 2 aromatic carbocycles. The van der Waals surface area contributed by atoms with Crippen molar-refractivity contribution in [3.8, 4) is 5.75 Å². The summed E-state index contributed by atoms with van der Waals surface area (Å²) in [6.45, 7) is 2.28. The molecule has 2 aromatic rings. The Bertz CT molecular complexity index is 762. The molecule has 1 amide bonds. The molecule has 3 rings (SSSR count). The van der Waals surface area contributed by atoms with Crippen molar-refractivity contribution in [2.24, 2.45) is 5.92 Å². The van der Waals surface area contributed by atoms with Gasteiger partial charge in [0.15, 0.2) is 0 Å². The number of methoxy groups -OCH3 is 1. The summed E-state index contributed by atoms with van der Waals surface area (Å²) in [4.78, 5) is 14.9. The summed E-state index contributed by atoms with van der Waals surface area (Å²) < 4.78 is 5.20. The zero-order chi connectivity index (χ0) is 18.5. The zero-order valence-electron chi connectivity index (χ0n) is 14.7. The predicted molar refractivity (Wildman–Crippen MR) is 106 cm³/mol. The molecule has 1 aliphatic heterocycles. The van der Waals surface area contributed by atoms with Gasteiger partial charge < -0.3 is 10.1 Å². The molecule has 0 aromatic heterocycles. The Morgan fingerprint density at radius 2 is 1.96 bits per heavy atom. The molecule has 1 heterocycles. The summed E-state index contributed by atoms with van der Waals surface area (Å²) >= 11 is 12.6. The number of likely N-dealkylation sites (tertiary alicyclic amines) is 1. The fourth-order valence-electron chi connectivity index (χ4n) is 3.27. The summed E-state index contributed by atoms with van der Waals surface area (Å²) in [6, 6.07) is 12.9. The van der Waals surface area contributed by atoms with Gasteiger partial charge in [-0.1, -0.05) is 35.3 Å². The number of nitrogens with one attached hydrogen (secondary N) is 1. The number of anilines is 1. The number of amides is 1. The highest BCUT2D eigenvalue weighted by Gasteiger charge is 2.26. The van der Waals surface area contributed by atoms with Gasteiger partial charge in [-0.25, -0.2) is 0 Å². The smallest absolute Gasteiger partial charge is 0.228 e. The van der Waals surface area contributed by atoms with Crippen LogP contribution in [0.25, 0.3) is 0 Å². The number of rotatable bonds is 5. The summed E-state index contributed by atoms with van der Waals surface area (Å²) in [5, 5.41) is 4.33. The molecule has 0 saturated carbocycles.